The highest BCUT2D eigenvalue weighted by atomic mass is 16.6. The number of hydrogen-bond acceptors (Lipinski definition) is 6. The average Bonchev–Trinajstić information content (AvgIpc) is 2.85. The van der Waals surface area contributed by atoms with Crippen LogP contribution in [-0.2, 0) is 14.4 Å². The van der Waals surface area contributed by atoms with Crippen LogP contribution < -0.4 is 4.74 Å². The Balaban J connectivity index is 1.49. The minimum Gasteiger partial charge on any atom is -0.489 e. The van der Waals surface area contributed by atoms with Gasteiger partial charge in [0, 0.05) is 11.6 Å². The monoisotopic (exact) mass is 444 g/mol. The lowest BCUT2D eigenvalue weighted by Gasteiger charge is -2.18. The first-order valence-electron chi connectivity index (χ1n) is 10.3. The predicted octanol–water partition coefficient (Wildman–Crippen LogP) is 4.38. The van der Waals surface area contributed by atoms with Crippen molar-refractivity contribution in [3.63, 3.8) is 0 Å². The summed E-state index contributed by atoms with van der Waals surface area (Å²) in [7, 11) is 1.52. The zero-order chi connectivity index (χ0) is 23.5. The van der Waals surface area contributed by atoms with E-state index >= 15 is 0 Å². The molecule has 1 atom stereocenters. The van der Waals surface area contributed by atoms with E-state index in [4.69, 9.17) is 24.7 Å². The van der Waals surface area contributed by atoms with Gasteiger partial charge in [-0.05, 0) is 41.8 Å². The second kappa shape index (κ2) is 12.0. The van der Waals surface area contributed by atoms with E-state index in [1.807, 2.05) is 48.6 Å². The predicted molar refractivity (Wildman–Crippen MR) is 125 cm³/mol. The summed E-state index contributed by atoms with van der Waals surface area (Å²) >= 11 is 0. The van der Waals surface area contributed by atoms with Gasteiger partial charge in [-0.25, -0.2) is 4.79 Å². The molecule has 0 spiro atoms. The Morgan fingerprint density at radius 2 is 1.94 bits per heavy atom. The average molecular weight is 444 g/mol. The summed E-state index contributed by atoms with van der Waals surface area (Å²) < 4.78 is 11.8. The van der Waals surface area contributed by atoms with Crippen LogP contribution >= 0.6 is 0 Å². The van der Waals surface area contributed by atoms with Gasteiger partial charge < -0.3 is 19.4 Å². The molecule has 1 aliphatic rings. The van der Waals surface area contributed by atoms with Crippen molar-refractivity contribution < 1.29 is 24.2 Å². The van der Waals surface area contributed by atoms with Crippen molar-refractivity contribution in [2.45, 2.75) is 12.5 Å². The second-order valence-electron chi connectivity index (χ2n) is 7.13. The van der Waals surface area contributed by atoms with Crippen LogP contribution in [-0.4, -0.2) is 43.2 Å². The Morgan fingerprint density at radius 3 is 2.55 bits per heavy atom. The molecule has 0 saturated heterocycles. The van der Waals surface area contributed by atoms with Crippen LogP contribution in [0.5, 0.6) is 5.75 Å². The molecule has 2 aromatic carbocycles. The van der Waals surface area contributed by atoms with E-state index in [9.17, 15) is 4.79 Å². The number of aliphatic carboxylic acids is 1. The Bertz CT molecular complexity index is 1110. The Morgan fingerprint density at radius 1 is 1.18 bits per heavy atom. The molecule has 168 valence electrons. The number of nitrogens with zero attached hydrogens (tertiary/aromatic N) is 2. The number of hydrogen-bond donors (Lipinski definition) is 1. The molecule has 0 aliphatic heterocycles. The molecule has 33 heavy (non-hydrogen) atoms. The summed E-state index contributed by atoms with van der Waals surface area (Å²) in [5, 5.41) is 22.0. The maximum absolute atomic E-state index is 10.8. The van der Waals surface area contributed by atoms with Crippen LogP contribution in [0.3, 0.4) is 0 Å². The molecule has 0 aromatic heterocycles. The topological polar surface area (TPSA) is 101 Å². The lowest BCUT2D eigenvalue weighted by molar-refractivity contribution is -0.131. The molecule has 3 rings (SSSR count). The van der Waals surface area contributed by atoms with Crippen LogP contribution in [0.1, 0.15) is 17.5 Å². The molecule has 1 unspecified atom stereocenters. The van der Waals surface area contributed by atoms with E-state index in [0.29, 0.717) is 30.9 Å². The van der Waals surface area contributed by atoms with Crippen molar-refractivity contribution >= 4 is 17.3 Å². The number of carboxylic acid groups (broad SMARTS) is 1. The Labute approximate surface area is 192 Å². The summed E-state index contributed by atoms with van der Waals surface area (Å²) in [5.74, 6) is -0.533. The maximum Gasteiger partial charge on any atom is 0.329 e. The van der Waals surface area contributed by atoms with Crippen LogP contribution in [0, 0.1) is 11.3 Å². The SMILES string of the molecule is CO/N=C(\COC1C=CC(COc2ccc(/C(C#N)=C/C(=O)O)cc2)=CC1)c1ccccc1. The third kappa shape index (κ3) is 7.20. The molecule has 0 radical (unpaired) electrons. The molecule has 0 fully saturated rings. The fraction of sp³-hybridized carbons (Fsp3) is 0.192. The molecule has 7 heteroatoms. The van der Waals surface area contributed by atoms with Gasteiger partial charge in [-0.1, -0.05) is 53.7 Å². The number of nitriles is 1. The van der Waals surface area contributed by atoms with E-state index < -0.39 is 5.97 Å². The van der Waals surface area contributed by atoms with Crippen LogP contribution in [0.15, 0.2) is 89.6 Å². The van der Waals surface area contributed by atoms with Gasteiger partial charge in [0.2, 0.25) is 0 Å². The standard InChI is InChI=1S/C26H24N2O5/c1-31-28-25(21-5-3-2-4-6-21)18-33-23-11-7-19(8-12-23)17-32-24-13-9-20(10-14-24)22(16-27)15-26(29)30/h2-11,13-15,23H,12,17-18H2,1H3,(H,29,30)/b22-15+,28-25+. The smallest absolute Gasteiger partial charge is 0.329 e. The summed E-state index contributed by atoms with van der Waals surface area (Å²) in [6.07, 6.45) is 7.57. The lowest BCUT2D eigenvalue weighted by atomic mass is 10.1. The fourth-order valence-corrected chi connectivity index (χ4v) is 3.17. The normalized spacial score (nSPS) is 16.0. The Hall–Kier alpha value is -4.15. The van der Waals surface area contributed by atoms with Gasteiger partial charge in [0.25, 0.3) is 0 Å². The van der Waals surface area contributed by atoms with Gasteiger partial charge in [0.15, 0.2) is 0 Å². The molecule has 2 aromatic rings. The second-order valence-corrected chi connectivity index (χ2v) is 7.13. The van der Waals surface area contributed by atoms with Crippen molar-refractivity contribution in [2.75, 3.05) is 20.3 Å². The number of allylic oxidation sites excluding steroid dienone is 1. The van der Waals surface area contributed by atoms with Gasteiger partial charge in [0.05, 0.1) is 18.3 Å². The first-order valence-corrected chi connectivity index (χ1v) is 10.3. The molecule has 0 bridgehead atoms. The number of rotatable bonds is 10. The fourth-order valence-electron chi connectivity index (χ4n) is 3.17. The number of benzene rings is 2. The van der Waals surface area contributed by atoms with Crippen molar-refractivity contribution in [3.8, 4) is 11.8 Å². The van der Waals surface area contributed by atoms with Gasteiger partial charge in [-0.15, -0.1) is 0 Å². The van der Waals surface area contributed by atoms with Gasteiger partial charge in [-0.2, -0.15) is 5.26 Å². The zero-order valence-electron chi connectivity index (χ0n) is 18.2. The number of oxime groups is 1. The largest absolute Gasteiger partial charge is 0.489 e. The van der Waals surface area contributed by atoms with Crippen LogP contribution in [0.25, 0.3) is 5.57 Å². The summed E-state index contributed by atoms with van der Waals surface area (Å²) in [6.45, 7) is 0.721. The highest BCUT2D eigenvalue weighted by Gasteiger charge is 2.13. The highest BCUT2D eigenvalue weighted by Crippen LogP contribution is 2.20. The molecular formula is C26H24N2O5. The molecule has 0 amide bonds. The van der Waals surface area contributed by atoms with E-state index in [1.54, 1.807) is 24.3 Å². The summed E-state index contributed by atoms with van der Waals surface area (Å²) in [4.78, 5) is 15.7. The zero-order valence-corrected chi connectivity index (χ0v) is 18.2. The molecule has 1 N–H and O–H groups in total. The number of carboxylic acids is 1. The molecular weight excluding hydrogens is 420 g/mol. The minimum absolute atomic E-state index is 0.0655. The lowest BCUT2D eigenvalue weighted by Crippen LogP contribution is -2.19. The third-order valence-electron chi connectivity index (χ3n) is 4.84. The van der Waals surface area contributed by atoms with Crippen molar-refractivity contribution in [3.05, 3.63) is 95.6 Å². The number of ether oxygens (including phenoxy) is 2. The summed E-state index contributed by atoms with van der Waals surface area (Å²) in [5.41, 5.74) is 3.32. The molecule has 1 aliphatic carbocycles. The van der Waals surface area contributed by atoms with Gasteiger partial charge >= 0.3 is 5.97 Å². The van der Waals surface area contributed by atoms with Crippen molar-refractivity contribution in [2.24, 2.45) is 5.16 Å². The van der Waals surface area contributed by atoms with Crippen molar-refractivity contribution in [1.82, 2.24) is 0 Å². The molecule has 7 nitrogen and oxygen atoms in total. The van der Waals surface area contributed by atoms with Gasteiger partial charge in [0.1, 0.15) is 31.2 Å². The first kappa shape index (κ1) is 23.5. The summed E-state index contributed by atoms with van der Waals surface area (Å²) in [6, 6.07) is 18.4. The quantitative estimate of drug-likeness (QED) is 0.253. The molecule has 0 saturated carbocycles. The van der Waals surface area contributed by atoms with Crippen LogP contribution in [0.2, 0.25) is 0 Å². The highest BCUT2D eigenvalue weighted by molar-refractivity contribution is 6.01. The van der Waals surface area contributed by atoms with E-state index in [2.05, 4.69) is 11.2 Å². The van der Waals surface area contributed by atoms with Crippen molar-refractivity contribution in [1.29, 1.82) is 5.26 Å². The molecule has 0 heterocycles. The Kier molecular flexibility index (Phi) is 8.57. The van der Waals surface area contributed by atoms with Gasteiger partial charge in [-0.3, -0.25) is 0 Å². The van der Waals surface area contributed by atoms with E-state index in [1.165, 1.54) is 7.11 Å². The number of carbonyl (C=O) groups is 1. The van der Waals surface area contributed by atoms with E-state index in [-0.39, 0.29) is 11.7 Å². The van der Waals surface area contributed by atoms with E-state index in [0.717, 1.165) is 22.9 Å². The first-order chi connectivity index (χ1) is 16.1. The third-order valence-corrected chi connectivity index (χ3v) is 4.84. The minimum atomic E-state index is -1.16. The van der Waals surface area contributed by atoms with Crippen LogP contribution in [0.4, 0.5) is 0 Å². The maximum atomic E-state index is 10.8.